The van der Waals surface area contributed by atoms with E-state index in [0.29, 0.717) is 0 Å². The predicted molar refractivity (Wildman–Crippen MR) is 77.0 cm³/mol. The molecular formula is C16H20F2N2O2. The molecule has 4 nitrogen and oxygen atoms in total. The van der Waals surface area contributed by atoms with Gasteiger partial charge in [0.2, 0.25) is 5.91 Å². The molecule has 2 aliphatic rings. The number of amides is 1. The summed E-state index contributed by atoms with van der Waals surface area (Å²) in [5.74, 6) is -1.77. The fraction of sp³-hybridized carbons (Fsp3) is 0.562. The molecule has 1 aliphatic heterocycles. The topological polar surface area (TPSA) is 61.4 Å². The number of carbonyl (C=O) groups is 1. The van der Waals surface area contributed by atoms with E-state index in [2.05, 4.69) is 10.6 Å². The van der Waals surface area contributed by atoms with Crippen molar-refractivity contribution >= 4 is 5.91 Å². The molecule has 2 atom stereocenters. The van der Waals surface area contributed by atoms with E-state index in [9.17, 15) is 18.7 Å². The number of aliphatic hydroxyl groups excluding tert-OH is 1. The Kier molecular flexibility index (Phi) is 4.14. The minimum atomic E-state index is -1.38. The molecule has 3 rings (SSSR count). The molecule has 3 N–H and O–H groups in total. The van der Waals surface area contributed by atoms with Crippen molar-refractivity contribution in [2.24, 2.45) is 11.3 Å². The lowest BCUT2D eigenvalue weighted by Gasteiger charge is -2.23. The quantitative estimate of drug-likeness (QED) is 0.790. The van der Waals surface area contributed by atoms with Crippen molar-refractivity contribution in [1.29, 1.82) is 0 Å². The van der Waals surface area contributed by atoms with Crippen LogP contribution in [0.2, 0.25) is 0 Å². The molecule has 1 aromatic rings. The Morgan fingerprint density at radius 3 is 2.64 bits per heavy atom. The third-order valence-corrected chi connectivity index (χ3v) is 4.91. The van der Waals surface area contributed by atoms with E-state index >= 15 is 0 Å². The Labute approximate surface area is 127 Å². The Hall–Kier alpha value is -1.53. The van der Waals surface area contributed by atoms with Crippen molar-refractivity contribution in [2.45, 2.75) is 25.4 Å². The zero-order valence-electron chi connectivity index (χ0n) is 12.2. The second-order valence-corrected chi connectivity index (χ2v) is 6.27. The highest BCUT2D eigenvalue weighted by atomic mass is 19.1. The molecule has 0 radical (unpaired) electrons. The molecule has 2 unspecified atom stereocenters. The largest absolute Gasteiger partial charge is 0.386 e. The first-order chi connectivity index (χ1) is 10.5. The van der Waals surface area contributed by atoms with Crippen LogP contribution in [0.4, 0.5) is 8.78 Å². The first-order valence-corrected chi connectivity index (χ1v) is 7.64. The number of nitrogens with one attached hydrogen (secondary N) is 2. The Morgan fingerprint density at radius 2 is 2.00 bits per heavy atom. The molecule has 1 heterocycles. The maximum Gasteiger partial charge on any atom is 0.223 e. The van der Waals surface area contributed by atoms with Crippen molar-refractivity contribution in [2.75, 3.05) is 19.6 Å². The minimum absolute atomic E-state index is 0.0349. The van der Waals surface area contributed by atoms with E-state index in [0.717, 1.165) is 44.5 Å². The molecule has 22 heavy (non-hydrogen) atoms. The maximum atomic E-state index is 13.6. The summed E-state index contributed by atoms with van der Waals surface area (Å²) in [6.07, 6.45) is 1.45. The van der Waals surface area contributed by atoms with Crippen molar-refractivity contribution in [3.63, 3.8) is 0 Å². The fourth-order valence-corrected chi connectivity index (χ4v) is 3.45. The van der Waals surface area contributed by atoms with Crippen LogP contribution in [0.5, 0.6) is 0 Å². The standard InChI is InChI=1S/C16H20F2N2O2/c17-11-2-1-3-12(18)14(11)13(21)9-20-15(22)10-8-16(10)4-6-19-7-5-16/h1-3,10,13,19,21H,4-9H2,(H,20,22). The van der Waals surface area contributed by atoms with Crippen molar-refractivity contribution < 1.29 is 18.7 Å². The van der Waals surface area contributed by atoms with Gasteiger partial charge in [-0.3, -0.25) is 4.79 Å². The molecular weight excluding hydrogens is 290 g/mol. The molecule has 1 aromatic carbocycles. The lowest BCUT2D eigenvalue weighted by Crippen LogP contribution is -2.35. The second-order valence-electron chi connectivity index (χ2n) is 6.27. The first-order valence-electron chi connectivity index (χ1n) is 7.64. The monoisotopic (exact) mass is 310 g/mol. The van der Waals surface area contributed by atoms with Crippen LogP contribution >= 0.6 is 0 Å². The maximum absolute atomic E-state index is 13.6. The van der Waals surface area contributed by atoms with Crippen LogP contribution < -0.4 is 10.6 Å². The number of rotatable bonds is 4. The van der Waals surface area contributed by atoms with Gasteiger partial charge in [-0.05, 0) is 49.9 Å². The molecule has 1 saturated carbocycles. The summed E-state index contributed by atoms with van der Waals surface area (Å²) in [7, 11) is 0. The van der Waals surface area contributed by atoms with Gasteiger partial charge in [-0.1, -0.05) is 6.07 Å². The van der Waals surface area contributed by atoms with E-state index in [1.807, 2.05) is 0 Å². The zero-order valence-corrected chi connectivity index (χ0v) is 12.2. The third-order valence-electron chi connectivity index (χ3n) is 4.91. The van der Waals surface area contributed by atoms with Gasteiger partial charge in [-0.25, -0.2) is 8.78 Å². The molecule has 0 aromatic heterocycles. The average Bonchev–Trinajstić information content (AvgIpc) is 3.18. The SMILES string of the molecule is O=C(NCC(O)c1c(F)cccc1F)C1CC12CCNCC2. The molecule has 1 saturated heterocycles. The van der Waals surface area contributed by atoms with E-state index in [1.54, 1.807) is 0 Å². The summed E-state index contributed by atoms with van der Waals surface area (Å²) in [6, 6.07) is 3.42. The number of hydrogen-bond acceptors (Lipinski definition) is 3. The highest BCUT2D eigenvalue weighted by Crippen LogP contribution is 2.58. The van der Waals surface area contributed by atoms with Gasteiger partial charge >= 0.3 is 0 Å². The number of aliphatic hydroxyl groups is 1. The number of piperidine rings is 1. The summed E-state index contributed by atoms with van der Waals surface area (Å²) in [4.78, 5) is 12.2. The highest BCUT2D eigenvalue weighted by Gasteiger charge is 2.57. The number of benzene rings is 1. The lowest BCUT2D eigenvalue weighted by atomic mass is 9.92. The van der Waals surface area contributed by atoms with Crippen LogP contribution in [0.1, 0.15) is 30.9 Å². The molecule has 1 amide bonds. The van der Waals surface area contributed by atoms with E-state index in [-0.39, 0.29) is 23.8 Å². The van der Waals surface area contributed by atoms with Gasteiger partial charge < -0.3 is 15.7 Å². The molecule has 2 fully saturated rings. The number of carbonyl (C=O) groups excluding carboxylic acids is 1. The minimum Gasteiger partial charge on any atom is -0.386 e. The number of halogens is 2. The summed E-state index contributed by atoms with van der Waals surface area (Å²) in [6.45, 7) is 1.67. The molecule has 120 valence electrons. The normalized spacial score (nSPS) is 24.0. The predicted octanol–water partition coefficient (Wildman–Crippen LogP) is 1.50. The zero-order chi connectivity index (χ0) is 15.7. The van der Waals surface area contributed by atoms with Gasteiger partial charge in [0.15, 0.2) is 0 Å². The van der Waals surface area contributed by atoms with Gasteiger partial charge in [0, 0.05) is 12.5 Å². The summed E-state index contributed by atoms with van der Waals surface area (Å²) >= 11 is 0. The van der Waals surface area contributed by atoms with Crippen LogP contribution in [0, 0.1) is 23.0 Å². The van der Waals surface area contributed by atoms with Crippen molar-refractivity contribution in [3.8, 4) is 0 Å². The highest BCUT2D eigenvalue weighted by molar-refractivity contribution is 5.82. The summed E-state index contributed by atoms with van der Waals surface area (Å²) in [5.41, 5.74) is -0.293. The second kappa shape index (κ2) is 5.93. The van der Waals surface area contributed by atoms with Crippen LogP contribution in [-0.2, 0) is 4.79 Å². The number of hydrogen-bond donors (Lipinski definition) is 3. The van der Waals surface area contributed by atoms with Gasteiger partial charge in [-0.15, -0.1) is 0 Å². The van der Waals surface area contributed by atoms with Gasteiger partial charge in [0.05, 0.1) is 5.56 Å². The van der Waals surface area contributed by atoms with E-state index in [4.69, 9.17) is 0 Å². The average molecular weight is 310 g/mol. The molecule has 1 spiro atoms. The molecule has 6 heteroatoms. The third kappa shape index (κ3) is 2.85. The van der Waals surface area contributed by atoms with E-state index < -0.39 is 23.3 Å². The summed E-state index contributed by atoms with van der Waals surface area (Å²) in [5, 5.41) is 15.8. The Morgan fingerprint density at radius 1 is 1.36 bits per heavy atom. The van der Waals surface area contributed by atoms with Crippen LogP contribution in [0.3, 0.4) is 0 Å². The first kappa shape index (κ1) is 15.4. The van der Waals surface area contributed by atoms with Gasteiger partial charge in [0.1, 0.15) is 17.7 Å². The molecule has 1 aliphatic carbocycles. The van der Waals surface area contributed by atoms with Crippen LogP contribution in [-0.4, -0.2) is 30.6 Å². The van der Waals surface area contributed by atoms with Crippen molar-refractivity contribution in [3.05, 3.63) is 35.4 Å². The molecule has 0 bridgehead atoms. The van der Waals surface area contributed by atoms with Gasteiger partial charge in [-0.2, -0.15) is 0 Å². The lowest BCUT2D eigenvalue weighted by molar-refractivity contribution is -0.123. The Balaban J connectivity index is 1.55. The van der Waals surface area contributed by atoms with Crippen LogP contribution in [0.25, 0.3) is 0 Å². The van der Waals surface area contributed by atoms with Gasteiger partial charge in [0.25, 0.3) is 0 Å². The smallest absolute Gasteiger partial charge is 0.223 e. The fourth-order valence-electron chi connectivity index (χ4n) is 3.45. The van der Waals surface area contributed by atoms with E-state index in [1.165, 1.54) is 6.07 Å². The summed E-state index contributed by atoms with van der Waals surface area (Å²) < 4.78 is 27.1. The van der Waals surface area contributed by atoms with Crippen molar-refractivity contribution in [1.82, 2.24) is 10.6 Å². The Bertz CT molecular complexity index is 553. The van der Waals surface area contributed by atoms with Crippen LogP contribution in [0.15, 0.2) is 18.2 Å².